The summed E-state index contributed by atoms with van der Waals surface area (Å²) < 4.78 is 20.0. The molecule has 4 aromatic rings. The highest BCUT2D eigenvalue weighted by Crippen LogP contribution is 2.43. The van der Waals surface area contributed by atoms with Gasteiger partial charge in [-0.05, 0) is 74.4 Å². The molecular formula is C31H39BrN11O2P. The maximum atomic E-state index is 13.5. The topological polar surface area (TPSA) is 136 Å². The van der Waals surface area contributed by atoms with Crippen molar-refractivity contribution in [3.8, 4) is 5.75 Å². The summed E-state index contributed by atoms with van der Waals surface area (Å²) in [4.78, 5) is 23.0. The van der Waals surface area contributed by atoms with Gasteiger partial charge in [0.2, 0.25) is 5.95 Å². The van der Waals surface area contributed by atoms with Crippen LogP contribution in [0.1, 0.15) is 24.4 Å². The molecule has 0 amide bonds. The van der Waals surface area contributed by atoms with Crippen LogP contribution in [0, 0.1) is 0 Å². The van der Waals surface area contributed by atoms with E-state index in [1.165, 1.54) is 0 Å². The molecule has 15 heteroatoms. The minimum Gasteiger partial charge on any atom is -0.494 e. The van der Waals surface area contributed by atoms with Gasteiger partial charge in [0.05, 0.1) is 40.3 Å². The highest BCUT2D eigenvalue weighted by Gasteiger charge is 2.29. The van der Waals surface area contributed by atoms with E-state index in [4.69, 9.17) is 9.72 Å². The molecule has 1 atom stereocenters. The highest BCUT2D eigenvalue weighted by atomic mass is 79.9. The number of fused-ring (bicyclic) bond motifs is 1. The zero-order valence-electron chi connectivity index (χ0n) is 26.9. The molecule has 1 fully saturated rings. The van der Waals surface area contributed by atoms with E-state index < -0.39 is 7.14 Å². The summed E-state index contributed by atoms with van der Waals surface area (Å²) in [6, 6.07) is 8.33. The van der Waals surface area contributed by atoms with E-state index in [0.29, 0.717) is 56.6 Å². The molecule has 0 saturated carbocycles. The number of hydrogen-bond acceptors (Lipinski definition) is 13. The quantitative estimate of drug-likeness (QED) is 0.204. The smallest absolute Gasteiger partial charge is 0.229 e. The Labute approximate surface area is 277 Å². The number of methoxy groups -OCH3 is 1. The number of nitrogens with one attached hydrogen (secondary N) is 2. The Morgan fingerprint density at radius 3 is 2.48 bits per heavy atom. The van der Waals surface area contributed by atoms with Crippen molar-refractivity contribution >= 4 is 68.2 Å². The molecule has 0 aliphatic carbocycles. The van der Waals surface area contributed by atoms with Crippen molar-refractivity contribution in [2.24, 2.45) is 10.3 Å². The molecule has 1 unspecified atom stereocenters. The second-order valence-corrected chi connectivity index (χ2v) is 16.2. The zero-order chi connectivity index (χ0) is 32.6. The lowest BCUT2D eigenvalue weighted by Gasteiger charge is -2.38. The molecule has 2 N–H and O–H groups in total. The minimum absolute atomic E-state index is 0.116. The number of halogens is 1. The lowest BCUT2D eigenvalue weighted by Crippen LogP contribution is -2.42. The van der Waals surface area contributed by atoms with Crippen molar-refractivity contribution in [3.05, 3.63) is 52.9 Å². The SMILES string of the molecule is COc1cc(N2CCC(N(C)C)CC2)c(C2CN(C)N=N2)cc1Nc1ncc(Br)c(Nc2ccc3nccnc3c2P(C)(C)=O)n1. The summed E-state index contributed by atoms with van der Waals surface area (Å²) in [6.45, 7) is 6.03. The second kappa shape index (κ2) is 13.1. The van der Waals surface area contributed by atoms with Crippen LogP contribution in [0.4, 0.5) is 28.8 Å². The normalized spacial score (nSPS) is 17.3. The first kappa shape index (κ1) is 32.1. The maximum absolute atomic E-state index is 13.5. The molecule has 0 spiro atoms. The van der Waals surface area contributed by atoms with Crippen LogP contribution in [0.2, 0.25) is 0 Å². The third-order valence-electron chi connectivity index (χ3n) is 8.42. The van der Waals surface area contributed by atoms with E-state index in [9.17, 15) is 4.57 Å². The average molecular weight is 709 g/mol. The number of aromatic nitrogens is 4. The molecule has 0 radical (unpaired) electrons. The summed E-state index contributed by atoms with van der Waals surface area (Å²) in [6.07, 6.45) is 7.08. The van der Waals surface area contributed by atoms with E-state index in [1.807, 2.05) is 24.2 Å². The van der Waals surface area contributed by atoms with Gasteiger partial charge in [-0.2, -0.15) is 10.1 Å². The van der Waals surface area contributed by atoms with E-state index in [-0.39, 0.29) is 6.04 Å². The Kier molecular flexibility index (Phi) is 9.13. The molecule has 2 aromatic heterocycles. The molecule has 1 saturated heterocycles. The second-order valence-electron chi connectivity index (χ2n) is 12.2. The minimum atomic E-state index is -2.76. The molecule has 2 aromatic carbocycles. The predicted molar refractivity (Wildman–Crippen MR) is 187 cm³/mol. The van der Waals surface area contributed by atoms with E-state index in [1.54, 1.807) is 39.0 Å². The predicted octanol–water partition coefficient (Wildman–Crippen LogP) is 5.81. The van der Waals surface area contributed by atoms with Crippen molar-refractivity contribution < 1.29 is 9.30 Å². The van der Waals surface area contributed by atoms with Crippen LogP contribution in [0.5, 0.6) is 5.75 Å². The average Bonchev–Trinajstić information content (AvgIpc) is 3.47. The Hall–Kier alpha value is -3.87. The van der Waals surface area contributed by atoms with Gasteiger partial charge in [-0.15, -0.1) is 0 Å². The van der Waals surface area contributed by atoms with Crippen LogP contribution < -0.4 is 25.6 Å². The Morgan fingerprint density at radius 2 is 1.80 bits per heavy atom. The third-order valence-corrected chi connectivity index (χ3v) is 10.5. The van der Waals surface area contributed by atoms with Crippen molar-refractivity contribution in [3.63, 3.8) is 0 Å². The third kappa shape index (κ3) is 6.65. The molecule has 4 heterocycles. The first-order valence-corrected chi connectivity index (χ1v) is 18.5. The molecule has 6 rings (SSSR count). The molecule has 46 heavy (non-hydrogen) atoms. The number of likely N-dealkylation sites (N-methyl/N-ethyl adjacent to an activating group) is 1. The summed E-state index contributed by atoms with van der Waals surface area (Å²) in [5.74, 6) is 1.53. The van der Waals surface area contributed by atoms with Gasteiger partial charge in [0.1, 0.15) is 30.3 Å². The zero-order valence-corrected chi connectivity index (χ0v) is 29.4. The Balaban J connectivity index is 1.34. The number of nitrogens with zero attached hydrogens (tertiary/aromatic N) is 9. The highest BCUT2D eigenvalue weighted by molar-refractivity contribution is 9.10. The van der Waals surface area contributed by atoms with Gasteiger partial charge in [0.15, 0.2) is 0 Å². The largest absolute Gasteiger partial charge is 0.494 e. The lowest BCUT2D eigenvalue weighted by atomic mass is 9.98. The maximum Gasteiger partial charge on any atom is 0.229 e. The van der Waals surface area contributed by atoms with Crippen LogP contribution in [-0.2, 0) is 4.57 Å². The summed E-state index contributed by atoms with van der Waals surface area (Å²) >= 11 is 3.58. The van der Waals surface area contributed by atoms with E-state index >= 15 is 0 Å². The first-order valence-electron chi connectivity index (χ1n) is 15.1. The standard InChI is InChI=1S/C31H39BrN11O2P/c1-41(2)19-9-13-43(14-10-19)26-16-27(45-4)24(15-20(26)25-18-42(3)40-39-25)37-31-35-17-21(32)30(38-31)36-23-8-7-22-28(34-12-11-33-22)29(23)46(5,6)44/h7-8,11-12,15-17,19,25H,9-10,13-14,18H2,1-6H3,(H2,35,36,37,38). The van der Waals surface area contributed by atoms with Crippen LogP contribution in [0.25, 0.3) is 11.0 Å². The number of hydrogen-bond donors (Lipinski definition) is 2. The number of benzene rings is 2. The van der Waals surface area contributed by atoms with Gasteiger partial charge >= 0.3 is 0 Å². The fourth-order valence-corrected chi connectivity index (χ4v) is 7.76. The monoisotopic (exact) mass is 707 g/mol. The van der Waals surface area contributed by atoms with Gasteiger partial charge in [-0.3, -0.25) is 15.0 Å². The Bertz CT molecular complexity index is 1820. The van der Waals surface area contributed by atoms with E-state index in [2.05, 4.69) is 87.9 Å². The van der Waals surface area contributed by atoms with Crippen LogP contribution >= 0.6 is 23.1 Å². The van der Waals surface area contributed by atoms with Crippen molar-refractivity contribution in [1.82, 2.24) is 29.8 Å². The summed E-state index contributed by atoms with van der Waals surface area (Å²) in [5.41, 5.74) is 4.81. The fraction of sp³-hybridized carbons (Fsp3) is 0.419. The van der Waals surface area contributed by atoms with E-state index in [0.717, 1.165) is 42.9 Å². The van der Waals surface area contributed by atoms with Crippen LogP contribution in [-0.4, -0.2) is 97.1 Å². The molecule has 2 aliphatic rings. The van der Waals surface area contributed by atoms with Gasteiger partial charge in [0, 0.05) is 62.1 Å². The Morgan fingerprint density at radius 1 is 1.04 bits per heavy atom. The first-order chi connectivity index (χ1) is 22.0. The molecule has 242 valence electrons. The lowest BCUT2D eigenvalue weighted by molar-refractivity contribution is 0.249. The molecule has 0 bridgehead atoms. The molecular weight excluding hydrogens is 669 g/mol. The van der Waals surface area contributed by atoms with Crippen molar-refractivity contribution in [2.75, 3.05) is 76.8 Å². The van der Waals surface area contributed by atoms with Crippen molar-refractivity contribution in [2.45, 2.75) is 24.9 Å². The fourth-order valence-electron chi connectivity index (χ4n) is 6.08. The number of piperidine rings is 1. The van der Waals surface area contributed by atoms with Crippen LogP contribution in [0.3, 0.4) is 0 Å². The van der Waals surface area contributed by atoms with Crippen LogP contribution in [0.15, 0.2) is 57.7 Å². The van der Waals surface area contributed by atoms with Gasteiger partial charge in [-0.25, -0.2) is 4.98 Å². The molecule has 2 aliphatic heterocycles. The summed E-state index contributed by atoms with van der Waals surface area (Å²) in [5, 5.41) is 18.1. The van der Waals surface area contributed by atoms with Crippen molar-refractivity contribution in [1.29, 1.82) is 0 Å². The van der Waals surface area contributed by atoms with Gasteiger partial charge in [-0.1, -0.05) is 5.22 Å². The number of anilines is 5. The molecule has 13 nitrogen and oxygen atoms in total. The van der Waals surface area contributed by atoms with Gasteiger partial charge < -0.3 is 29.7 Å². The van der Waals surface area contributed by atoms with Gasteiger partial charge in [0.25, 0.3) is 0 Å². The summed E-state index contributed by atoms with van der Waals surface area (Å²) in [7, 11) is 5.14. The number of rotatable bonds is 9. The number of ether oxygens (including phenoxy) is 1.